The lowest BCUT2D eigenvalue weighted by Gasteiger charge is -2.09. The molecule has 0 saturated heterocycles. The van der Waals surface area contributed by atoms with Crippen molar-refractivity contribution in [3.05, 3.63) is 80.6 Å². The third kappa shape index (κ3) is 3.57. The van der Waals surface area contributed by atoms with E-state index in [2.05, 4.69) is 54.5 Å². The van der Waals surface area contributed by atoms with Crippen LogP contribution in [0.2, 0.25) is 0 Å². The van der Waals surface area contributed by atoms with Crippen molar-refractivity contribution in [3.63, 3.8) is 0 Å². The average Bonchev–Trinajstić information content (AvgIpc) is 2.57. The van der Waals surface area contributed by atoms with Gasteiger partial charge in [-0.25, -0.2) is 0 Å². The molecule has 3 nitrogen and oxygen atoms in total. The summed E-state index contributed by atoms with van der Waals surface area (Å²) in [5.74, 6) is 0. The van der Waals surface area contributed by atoms with Crippen LogP contribution in [0.1, 0.15) is 27.8 Å². The summed E-state index contributed by atoms with van der Waals surface area (Å²) in [6.07, 6.45) is 0.962. The third-order valence-electron chi connectivity index (χ3n) is 4.55. The van der Waals surface area contributed by atoms with Gasteiger partial charge in [0.1, 0.15) is 0 Å². The van der Waals surface area contributed by atoms with Crippen LogP contribution < -0.4 is 10.9 Å². The first-order valence-electron chi connectivity index (χ1n) is 8.43. The fourth-order valence-electron chi connectivity index (χ4n) is 2.96. The second-order valence-corrected chi connectivity index (χ2v) is 6.52. The maximum Gasteiger partial charge on any atom is 0.252 e. The Balaban J connectivity index is 1.69. The Morgan fingerprint density at radius 1 is 0.958 bits per heavy atom. The number of aromatic nitrogens is 1. The molecular weight excluding hydrogens is 296 g/mol. The van der Waals surface area contributed by atoms with E-state index in [1.54, 1.807) is 0 Å². The van der Waals surface area contributed by atoms with Gasteiger partial charge in [0.2, 0.25) is 0 Å². The molecule has 0 aliphatic carbocycles. The molecule has 3 heteroatoms. The summed E-state index contributed by atoms with van der Waals surface area (Å²) in [4.78, 5) is 15.3. The van der Waals surface area contributed by atoms with E-state index in [-0.39, 0.29) is 5.56 Å². The molecule has 0 amide bonds. The Morgan fingerprint density at radius 3 is 2.42 bits per heavy atom. The summed E-state index contributed by atoms with van der Waals surface area (Å²) in [5, 5.41) is 4.51. The Hall–Kier alpha value is -2.39. The zero-order valence-electron chi connectivity index (χ0n) is 14.6. The normalized spacial score (nSPS) is 11.1. The maximum absolute atomic E-state index is 12.3. The number of nitrogens with one attached hydrogen (secondary N) is 2. The Kier molecular flexibility index (Phi) is 4.81. The topological polar surface area (TPSA) is 44.9 Å². The number of hydrogen-bond acceptors (Lipinski definition) is 2. The number of hydrogen-bond donors (Lipinski definition) is 2. The van der Waals surface area contributed by atoms with Crippen LogP contribution in [0, 0.1) is 20.8 Å². The molecule has 0 saturated carbocycles. The number of aromatic amines is 1. The van der Waals surface area contributed by atoms with Crippen molar-refractivity contribution in [2.75, 3.05) is 6.54 Å². The van der Waals surface area contributed by atoms with Crippen LogP contribution in [0.15, 0.2) is 47.3 Å². The van der Waals surface area contributed by atoms with E-state index in [0.29, 0.717) is 6.54 Å². The van der Waals surface area contributed by atoms with Gasteiger partial charge in [-0.15, -0.1) is 0 Å². The smallest absolute Gasteiger partial charge is 0.252 e. The Morgan fingerprint density at radius 2 is 1.67 bits per heavy atom. The van der Waals surface area contributed by atoms with Crippen molar-refractivity contribution < 1.29 is 0 Å². The van der Waals surface area contributed by atoms with E-state index in [1.807, 2.05) is 19.1 Å². The number of benzene rings is 2. The van der Waals surface area contributed by atoms with Gasteiger partial charge in [-0.3, -0.25) is 4.79 Å². The lowest BCUT2D eigenvalue weighted by Crippen LogP contribution is -2.23. The molecule has 0 radical (unpaired) electrons. The number of aryl methyl sites for hydroxylation is 3. The molecular formula is C21H24N2O. The first-order chi connectivity index (χ1) is 11.5. The van der Waals surface area contributed by atoms with Crippen LogP contribution in [0.25, 0.3) is 10.9 Å². The molecule has 0 unspecified atom stereocenters. The van der Waals surface area contributed by atoms with Crippen LogP contribution in [0.3, 0.4) is 0 Å². The van der Waals surface area contributed by atoms with Gasteiger partial charge in [-0.05, 0) is 56.5 Å². The molecule has 0 aliphatic rings. The SMILES string of the molecule is Cc1ccc(CCNCc2cc3c(C)ccc(C)c3[nH]c2=O)cc1. The fraction of sp³-hybridized carbons (Fsp3) is 0.286. The first-order valence-corrected chi connectivity index (χ1v) is 8.43. The molecule has 3 rings (SSSR count). The lowest BCUT2D eigenvalue weighted by atomic mass is 10.0. The van der Waals surface area contributed by atoms with Crippen molar-refractivity contribution in [1.29, 1.82) is 0 Å². The minimum Gasteiger partial charge on any atom is -0.321 e. The maximum atomic E-state index is 12.3. The van der Waals surface area contributed by atoms with E-state index >= 15 is 0 Å². The quantitative estimate of drug-likeness (QED) is 0.703. The zero-order valence-corrected chi connectivity index (χ0v) is 14.6. The molecule has 3 aromatic rings. The minimum absolute atomic E-state index is 0.000893. The highest BCUT2D eigenvalue weighted by molar-refractivity contribution is 5.85. The summed E-state index contributed by atoms with van der Waals surface area (Å²) in [6, 6.07) is 14.8. The third-order valence-corrected chi connectivity index (χ3v) is 4.55. The van der Waals surface area contributed by atoms with Crippen molar-refractivity contribution in [2.24, 2.45) is 0 Å². The molecule has 1 aromatic heterocycles. The van der Waals surface area contributed by atoms with Crippen molar-refractivity contribution in [1.82, 2.24) is 10.3 Å². The summed E-state index contributed by atoms with van der Waals surface area (Å²) in [7, 11) is 0. The molecule has 2 N–H and O–H groups in total. The monoisotopic (exact) mass is 320 g/mol. The standard InChI is InChI=1S/C21H24N2O/c1-14-4-8-17(9-5-14)10-11-22-13-18-12-19-15(2)6-7-16(3)20(19)23-21(18)24/h4-9,12,22H,10-11,13H2,1-3H3,(H,23,24). The molecule has 0 spiro atoms. The highest BCUT2D eigenvalue weighted by Gasteiger charge is 2.06. The van der Waals surface area contributed by atoms with Crippen LogP contribution in [0.4, 0.5) is 0 Å². The second-order valence-electron chi connectivity index (χ2n) is 6.52. The highest BCUT2D eigenvalue weighted by atomic mass is 16.1. The first kappa shape index (κ1) is 16.5. The number of fused-ring (bicyclic) bond motifs is 1. The Bertz CT molecular complexity index is 908. The van der Waals surface area contributed by atoms with Crippen molar-refractivity contribution in [3.8, 4) is 0 Å². The van der Waals surface area contributed by atoms with Gasteiger partial charge in [-0.1, -0.05) is 42.0 Å². The molecule has 124 valence electrons. The second kappa shape index (κ2) is 7.02. The number of rotatable bonds is 5. The van der Waals surface area contributed by atoms with E-state index < -0.39 is 0 Å². The van der Waals surface area contributed by atoms with E-state index in [4.69, 9.17) is 0 Å². The molecule has 0 aliphatic heterocycles. The summed E-state index contributed by atoms with van der Waals surface area (Å²) >= 11 is 0. The molecule has 2 aromatic carbocycles. The average molecular weight is 320 g/mol. The lowest BCUT2D eigenvalue weighted by molar-refractivity contribution is 0.682. The Labute approximate surface area is 142 Å². The molecule has 24 heavy (non-hydrogen) atoms. The van der Waals surface area contributed by atoms with Crippen LogP contribution >= 0.6 is 0 Å². The predicted molar refractivity (Wildman–Crippen MR) is 101 cm³/mol. The van der Waals surface area contributed by atoms with E-state index in [9.17, 15) is 4.79 Å². The van der Waals surface area contributed by atoms with Crippen LogP contribution in [-0.4, -0.2) is 11.5 Å². The van der Waals surface area contributed by atoms with Gasteiger partial charge in [-0.2, -0.15) is 0 Å². The van der Waals surface area contributed by atoms with Crippen LogP contribution in [-0.2, 0) is 13.0 Å². The van der Waals surface area contributed by atoms with Gasteiger partial charge < -0.3 is 10.3 Å². The summed E-state index contributed by atoms with van der Waals surface area (Å²) < 4.78 is 0. The zero-order chi connectivity index (χ0) is 17.1. The molecule has 0 atom stereocenters. The summed E-state index contributed by atoms with van der Waals surface area (Å²) in [5.41, 5.74) is 6.62. The summed E-state index contributed by atoms with van der Waals surface area (Å²) in [6.45, 7) is 7.64. The van der Waals surface area contributed by atoms with Gasteiger partial charge in [0.15, 0.2) is 0 Å². The van der Waals surface area contributed by atoms with E-state index in [1.165, 1.54) is 16.7 Å². The van der Waals surface area contributed by atoms with Crippen LogP contribution in [0.5, 0.6) is 0 Å². The van der Waals surface area contributed by atoms with Gasteiger partial charge >= 0.3 is 0 Å². The number of pyridine rings is 1. The predicted octanol–water partition coefficient (Wildman–Crippen LogP) is 3.79. The van der Waals surface area contributed by atoms with Gasteiger partial charge in [0, 0.05) is 17.5 Å². The molecule has 0 bridgehead atoms. The number of H-pyrrole nitrogens is 1. The van der Waals surface area contributed by atoms with E-state index in [0.717, 1.165) is 35.0 Å². The van der Waals surface area contributed by atoms with Crippen molar-refractivity contribution in [2.45, 2.75) is 33.7 Å². The molecule has 1 heterocycles. The fourth-order valence-corrected chi connectivity index (χ4v) is 2.96. The minimum atomic E-state index is -0.000893. The van der Waals surface area contributed by atoms with Gasteiger partial charge in [0.05, 0.1) is 5.52 Å². The highest BCUT2D eigenvalue weighted by Crippen LogP contribution is 2.19. The van der Waals surface area contributed by atoms with Crippen molar-refractivity contribution >= 4 is 10.9 Å². The molecule has 0 fully saturated rings. The largest absolute Gasteiger partial charge is 0.321 e. The van der Waals surface area contributed by atoms with Gasteiger partial charge in [0.25, 0.3) is 5.56 Å².